The lowest BCUT2D eigenvalue weighted by Gasteiger charge is -2.16. The normalized spacial score (nSPS) is 15.5. The van der Waals surface area contributed by atoms with Crippen molar-refractivity contribution in [1.29, 1.82) is 0 Å². The van der Waals surface area contributed by atoms with E-state index in [4.69, 9.17) is 15.6 Å². The van der Waals surface area contributed by atoms with Crippen LogP contribution in [0.25, 0.3) is 11.3 Å². The fourth-order valence-electron chi connectivity index (χ4n) is 4.20. The van der Waals surface area contributed by atoms with Crippen molar-refractivity contribution in [3.63, 3.8) is 0 Å². The van der Waals surface area contributed by atoms with Crippen LogP contribution in [0.2, 0.25) is 0 Å². The largest absolute Gasteiger partial charge is 0.494 e. The van der Waals surface area contributed by atoms with Crippen molar-refractivity contribution >= 4 is 36.5 Å². The Morgan fingerprint density at radius 3 is 2.52 bits per heavy atom. The molecule has 9 nitrogen and oxygen atoms in total. The maximum atomic E-state index is 12.3. The monoisotopic (exact) mass is 465 g/mol. The molecule has 10 heteroatoms. The topological polar surface area (TPSA) is 120 Å². The summed E-state index contributed by atoms with van der Waals surface area (Å²) in [7, 11) is 5.08. The first-order chi connectivity index (χ1) is 16.0. The number of carbonyl (C=O) groups excluding carboxylic acids is 1. The zero-order chi connectivity index (χ0) is 23.1. The van der Waals surface area contributed by atoms with Gasteiger partial charge in [0.2, 0.25) is 0 Å². The summed E-state index contributed by atoms with van der Waals surface area (Å²) in [6, 6.07) is 9.66. The predicted molar refractivity (Wildman–Crippen MR) is 131 cm³/mol. The van der Waals surface area contributed by atoms with Crippen LogP contribution in [0.3, 0.4) is 0 Å². The molecular formula is C23H28N7O2P. The third-order valence-corrected chi connectivity index (χ3v) is 9.57. The van der Waals surface area contributed by atoms with Gasteiger partial charge in [0, 0.05) is 25.7 Å². The average molecular weight is 465 g/mol. The van der Waals surface area contributed by atoms with Crippen LogP contribution in [-0.4, -0.2) is 51.4 Å². The second-order valence-electron chi connectivity index (χ2n) is 8.50. The van der Waals surface area contributed by atoms with E-state index in [1.165, 1.54) is 31.1 Å². The number of benzene rings is 1. The molecule has 0 unspecified atom stereocenters. The third-order valence-electron chi connectivity index (χ3n) is 6.02. The Balaban J connectivity index is 1.52. The molecule has 2 heterocycles. The minimum atomic E-state index is -0.358. The van der Waals surface area contributed by atoms with Gasteiger partial charge in [-0.25, -0.2) is 0 Å². The van der Waals surface area contributed by atoms with E-state index in [1.807, 2.05) is 18.2 Å². The first-order valence-electron chi connectivity index (χ1n) is 11.1. The summed E-state index contributed by atoms with van der Waals surface area (Å²) in [6.07, 6.45) is 5.40. The predicted octanol–water partition coefficient (Wildman–Crippen LogP) is 3.00. The van der Waals surface area contributed by atoms with Crippen molar-refractivity contribution in [2.45, 2.75) is 37.0 Å². The smallest absolute Gasteiger partial charge is 0.273 e. The molecular weight excluding hydrogens is 437 g/mol. The molecule has 2 saturated carbocycles. The van der Waals surface area contributed by atoms with Crippen LogP contribution in [-0.2, 0) is 7.05 Å². The maximum absolute atomic E-state index is 12.3. The van der Waals surface area contributed by atoms with Crippen LogP contribution in [0.4, 0.5) is 17.2 Å². The van der Waals surface area contributed by atoms with Crippen molar-refractivity contribution in [3.8, 4) is 17.0 Å². The first-order valence-corrected chi connectivity index (χ1v) is 12.6. The molecule has 2 aliphatic carbocycles. The average Bonchev–Trinajstić information content (AvgIpc) is 3.74. The van der Waals surface area contributed by atoms with Gasteiger partial charge in [0.05, 0.1) is 29.6 Å². The number of nitrogens with zero attached hydrogens (tertiary/aromatic N) is 4. The standard InChI is InChI=1S/C23H28N7O2P/c1-25-23(31)21-18(11-19(24)27-28-21)26-16-6-4-5-15(22(16)32-3)17-12-20(30(2)29-17)33(13-7-8-13)14-9-10-14/h4-6,11-14H,7-10H2,1-3H3,(H,25,31)(H3,24,26,27). The van der Waals surface area contributed by atoms with Crippen molar-refractivity contribution in [3.05, 3.63) is 36.0 Å². The fourth-order valence-corrected chi connectivity index (χ4v) is 7.60. The third kappa shape index (κ3) is 4.25. The molecule has 0 atom stereocenters. The van der Waals surface area contributed by atoms with E-state index in [9.17, 15) is 4.79 Å². The molecule has 0 saturated heterocycles. The summed E-state index contributed by atoms with van der Waals surface area (Å²) in [5, 5.41) is 18.5. The lowest BCUT2D eigenvalue weighted by Crippen LogP contribution is -2.21. The molecule has 0 aliphatic heterocycles. The fraction of sp³-hybridized carbons (Fsp3) is 0.391. The van der Waals surface area contributed by atoms with Gasteiger partial charge in [-0.15, -0.1) is 10.2 Å². The number of ether oxygens (including phenoxy) is 1. The zero-order valence-corrected chi connectivity index (χ0v) is 19.9. The van der Waals surface area contributed by atoms with Crippen LogP contribution < -0.4 is 26.5 Å². The molecule has 172 valence electrons. The molecule has 3 aromatic rings. The number of nitrogen functional groups attached to an aromatic ring is 1. The van der Waals surface area contributed by atoms with Gasteiger partial charge >= 0.3 is 0 Å². The van der Waals surface area contributed by atoms with E-state index in [2.05, 4.69) is 38.6 Å². The van der Waals surface area contributed by atoms with Gasteiger partial charge in [0.1, 0.15) is 5.82 Å². The van der Waals surface area contributed by atoms with Crippen LogP contribution in [0, 0.1) is 0 Å². The van der Waals surface area contributed by atoms with Crippen LogP contribution in [0.15, 0.2) is 30.3 Å². The highest BCUT2D eigenvalue weighted by molar-refractivity contribution is 7.67. The minimum Gasteiger partial charge on any atom is -0.494 e. The molecule has 0 spiro atoms. The highest BCUT2D eigenvalue weighted by Crippen LogP contribution is 2.63. The quantitative estimate of drug-likeness (QED) is 0.438. The number of aromatic nitrogens is 4. The van der Waals surface area contributed by atoms with Gasteiger partial charge in [0.25, 0.3) is 5.91 Å². The number of nitrogens with one attached hydrogen (secondary N) is 2. The molecule has 0 bridgehead atoms. The minimum absolute atomic E-state index is 0.150. The Kier molecular flexibility index (Phi) is 5.66. The number of hydrogen-bond donors (Lipinski definition) is 3. The number of aryl methyl sites for hydroxylation is 1. The number of anilines is 3. The Hall–Kier alpha value is -3.19. The first kappa shape index (κ1) is 21.6. The number of rotatable bonds is 8. The van der Waals surface area contributed by atoms with E-state index in [-0.39, 0.29) is 25.3 Å². The van der Waals surface area contributed by atoms with E-state index in [0.717, 1.165) is 22.6 Å². The number of para-hydroxylation sites is 1. The number of carbonyl (C=O) groups is 1. The summed E-state index contributed by atoms with van der Waals surface area (Å²) in [5.41, 5.74) is 12.0. The lowest BCUT2D eigenvalue weighted by atomic mass is 10.1. The van der Waals surface area contributed by atoms with Crippen molar-refractivity contribution < 1.29 is 9.53 Å². The Morgan fingerprint density at radius 2 is 1.88 bits per heavy atom. The Morgan fingerprint density at radius 1 is 1.15 bits per heavy atom. The molecule has 2 aromatic heterocycles. The van der Waals surface area contributed by atoms with Crippen molar-refractivity contribution in [1.82, 2.24) is 25.3 Å². The second kappa shape index (κ2) is 8.63. The summed E-state index contributed by atoms with van der Waals surface area (Å²) in [5.74, 6) is 0.494. The molecule has 1 amide bonds. The van der Waals surface area contributed by atoms with Crippen LogP contribution >= 0.6 is 7.92 Å². The Bertz CT molecular complexity index is 1190. The second-order valence-corrected chi connectivity index (χ2v) is 11.2. The molecule has 2 fully saturated rings. The van der Waals surface area contributed by atoms with Gasteiger partial charge < -0.3 is 21.1 Å². The number of nitrogens with two attached hydrogens (primary N) is 1. The lowest BCUT2D eigenvalue weighted by molar-refractivity contribution is 0.0958. The van der Waals surface area contributed by atoms with Gasteiger partial charge in [-0.05, 0) is 63.1 Å². The SMILES string of the molecule is CNC(=O)c1nnc(N)cc1Nc1cccc(-c2cc(P(C3CC3)C3CC3)n(C)n2)c1OC. The Labute approximate surface area is 193 Å². The summed E-state index contributed by atoms with van der Waals surface area (Å²) < 4.78 is 7.88. The van der Waals surface area contributed by atoms with Crippen LogP contribution in [0.5, 0.6) is 5.75 Å². The van der Waals surface area contributed by atoms with Crippen LogP contribution in [0.1, 0.15) is 36.2 Å². The molecule has 1 aromatic carbocycles. The van der Waals surface area contributed by atoms with E-state index in [0.29, 0.717) is 17.1 Å². The molecule has 0 radical (unpaired) electrons. The van der Waals surface area contributed by atoms with Gasteiger partial charge in [0.15, 0.2) is 11.4 Å². The molecule has 33 heavy (non-hydrogen) atoms. The molecule has 5 rings (SSSR count). The summed E-state index contributed by atoms with van der Waals surface area (Å²) in [4.78, 5) is 12.3. The molecule has 4 N–H and O–H groups in total. The summed E-state index contributed by atoms with van der Waals surface area (Å²) >= 11 is 0. The van der Waals surface area contributed by atoms with Gasteiger partial charge in [-0.1, -0.05) is 6.07 Å². The summed E-state index contributed by atoms with van der Waals surface area (Å²) in [6.45, 7) is 0. The zero-order valence-electron chi connectivity index (χ0n) is 19.0. The van der Waals surface area contributed by atoms with Gasteiger partial charge in [-0.2, -0.15) is 5.10 Å². The number of methoxy groups -OCH3 is 1. The van der Waals surface area contributed by atoms with E-state index >= 15 is 0 Å². The highest BCUT2D eigenvalue weighted by Gasteiger charge is 2.43. The van der Waals surface area contributed by atoms with E-state index in [1.54, 1.807) is 20.2 Å². The van der Waals surface area contributed by atoms with Gasteiger partial charge in [-0.3, -0.25) is 9.48 Å². The molecule has 2 aliphatic rings. The maximum Gasteiger partial charge on any atom is 0.273 e. The highest BCUT2D eigenvalue weighted by atomic mass is 31.1. The van der Waals surface area contributed by atoms with E-state index < -0.39 is 0 Å². The van der Waals surface area contributed by atoms with Crippen molar-refractivity contribution in [2.24, 2.45) is 7.05 Å². The number of amides is 1. The van der Waals surface area contributed by atoms with Crippen molar-refractivity contribution in [2.75, 3.05) is 25.2 Å². The number of hydrogen-bond acceptors (Lipinski definition) is 7.